The molecule has 3 rings (SSSR count). The van der Waals surface area contributed by atoms with Crippen molar-refractivity contribution in [3.63, 3.8) is 0 Å². The first-order valence-electron chi connectivity index (χ1n) is 7.25. The van der Waals surface area contributed by atoms with Crippen molar-refractivity contribution in [2.75, 3.05) is 6.54 Å². The highest BCUT2D eigenvalue weighted by atomic mass is 15.3. The van der Waals surface area contributed by atoms with Gasteiger partial charge in [0.15, 0.2) is 0 Å². The van der Waals surface area contributed by atoms with Gasteiger partial charge in [0.1, 0.15) is 0 Å². The Morgan fingerprint density at radius 2 is 2.11 bits per heavy atom. The van der Waals surface area contributed by atoms with Crippen LogP contribution in [0.5, 0.6) is 0 Å². The summed E-state index contributed by atoms with van der Waals surface area (Å²) in [6, 6.07) is 10.9. The molecule has 0 spiro atoms. The molecule has 1 aliphatic carbocycles. The Morgan fingerprint density at radius 1 is 1.26 bits per heavy atom. The van der Waals surface area contributed by atoms with E-state index in [1.54, 1.807) is 0 Å². The fourth-order valence-corrected chi connectivity index (χ4v) is 2.97. The molecule has 3 nitrogen and oxygen atoms in total. The average molecular weight is 255 g/mol. The molecule has 1 aliphatic rings. The first kappa shape index (κ1) is 12.4. The van der Waals surface area contributed by atoms with Crippen LogP contribution in [-0.4, -0.2) is 16.3 Å². The maximum atomic E-state index is 4.62. The van der Waals surface area contributed by atoms with Crippen LogP contribution in [-0.2, 0) is 6.42 Å². The number of hydrogen-bond donors (Lipinski definition) is 1. The molecule has 0 aliphatic heterocycles. The predicted molar refractivity (Wildman–Crippen MR) is 77.5 cm³/mol. The number of hydrogen-bond acceptors (Lipinski definition) is 2. The van der Waals surface area contributed by atoms with E-state index in [0.717, 1.165) is 13.0 Å². The van der Waals surface area contributed by atoms with E-state index in [0.29, 0.717) is 6.04 Å². The Morgan fingerprint density at radius 3 is 2.89 bits per heavy atom. The SMILES string of the molecule is CCNC1CCCCc2c1cnn2-c1ccccc1. The third-order valence-electron chi connectivity index (χ3n) is 3.88. The molecule has 19 heavy (non-hydrogen) atoms. The van der Waals surface area contributed by atoms with E-state index in [4.69, 9.17) is 0 Å². The first-order chi connectivity index (χ1) is 9.40. The maximum Gasteiger partial charge on any atom is 0.0648 e. The second-order valence-corrected chi connectivity index (χ2v) is 5.15. The van der Waals surface area contributed by atoms with Crippen LogP contribution in [0, 0.1) is 0 Å². The molecule has 0 fully saturated rings. The molecule has 0 bridgehead atoms. The van der Waals surface area contributed by atoms with E-state index < -0.39 is 0 Å². The monoisotopic (exact) mass is 255 g/mol. The molecule has 0 saturated heterocycles. The van der Waals surface area contributed by atoms with Crippen LogP contribution in [0.3, 0.4) is 0 Å². The largest absolute Gasteiger partial charge is 0.310 e. The normalized spacial score (nSPS) is 18.9. The van der Waals surface area contributed by atoms with Crippen molar-refractivity contribution < 1.29 is 0 Å². The maximum absolute atomic E-state index is 4.62. The number of fused-ring (bicyclic) bond motifs is 1. The van der Waals surface area contributed by atoms with Gasteiger partial charge in [-0.05, 0) is 37.9 Å². The van der Waals surface area contributed by atoms with Gasteiger partial charge >= 0.3 is 0 Å². The topological polar surface area (TPSA) is 29.9 Å². The molecule has 1 unspecified atom stereocenters. The van der Waals surface area contributed by atoms with Crippen LogP contribution in [0.15, 0.2) is 36.5 Å². The van der Waals surface area contributed by atoms with E-state index in [2.05, 4.69) is 52.5 Å². The minimum Gasteiger partial charge on any atom is -0.310 e. The zero-order valence-electron chi connectivity index (χ0n) is 11.5. The van der Waals surface area contributed by atoms with Crippen molar-refractivity contribution in [1.29, 1.82) is 0 Å². The lowest BCUT2D eigenvalue weighted by molar-refractivity contribution is 0.503. The molecular weight excluding hydrogens is 234 g/mol. The number of nitrogens with one attached hydrogen (secondary N) is 1. The van der Waals surface area contributed by atoms with Crippen LogP contribution >= 0.6 is 0 Å². The van der Waals surface area contributed by atoms with Crippen molar-refractivity contribution in [3.05, 3.63) is 47.8 Å². The number of aromatic nitrogens is 2. The molecule has 100 valence electrons. The summed E-state index contributed by atoms with van der Waals surface area (Å²) in [5.74, 6) is 0. The van der Waals surface area contributed by atoms with Gasteiger partial charge in [0, 0.05) is 17.3 Å². The molecule has 0 amide bonds. The minimum atomic E-state index is 0.472. The fraction of sp³-hybridized carbons (Fsp3) is 0.438. The van der Waals surface area contributed by atoms with Gasteiger partial charge in [-0.3, -0.25) is 0 Å². The standard InChI is InChI=1S/C16H21N3/c1-2-17-15-10-6-7-11-16-14(15)12-18-19(16)13-8-4-3-5-9-13/h3-5,8-9,12,15,17H,2,6-7,10-11H2,1H3. The summed E-state index contributed by atoms with van der Waals surface area (Å²) < 4.78 is 2.12. The molecular formula is C16H21N3. The molecule has 1 atom stereocenters. The summed E-state index contributed by atoms with van der Waals surface area (Å²) in [6.07, 6.45) is 6.96. The van der Waals surface area contributed by atoms with Crippen molar-refractivity contribution in [2.24, 2.45) is 0 Å². The highest BCUT2D eigenvalue weighted by Crippen LogP contribution is 2.29. The third-order valence-corrected chi connectivity index (χ3v) is 3.88. The summed E-state index contributed by atoms with van der Waals surface area (Å²) >= 11 is 0. The Hall–Kier alpha value is -1.61. The first-order valence-corrected chi connectivity index (χ1v) is 7.25. The lowest BCUT2D eigenvalue weighted by Gasteiger charge is -2.15. The molecule has 0 radical (unpaired) electrons. The van der Waals surface area contributed by atoms with E-state index in [-0.39, 0.29) is 0 Å². The average Bonchev–Trinajstić information content (AvgIpc) is 2.77. The predicted octanol–water partition coefficient (Wildman–Crippen LogP) is 3.25. The van der Waals surface area contributed by atoms with Crippen molar-refractivity contribution in [2.45, 2.75) is 38.6 Å². The highest BCUT2D eigenvalue weighted by Gasteiger charge is 2.22. The van der Waals surface area contributed by atoms with Gasteiger partial charge in [-0.25, -0.2) is 4.68 Å². The summed E-state index contributed by atoms with van der Waals surface area (Å²) in [5, 5.41) is 8.21. The summed E-state index contributed by atoms with van der Waals surface area (Å²) in [7, 11) is 0. The number of benzene rings is 1. The second kappa shape index (κ2) is 5.57. The highest BCUT2D eigenvalue weighted by molar-refractivity contribution is 5.36. The van der Waals surface area contributed by atoms with E-state index in [9.17, 15) is 0 Å². The zero-order chi connectivity index (χ0) is 13.1. The lowest BCUT2D eigenvalue weighted by atomic mass is 10.1. The Balaban J connectivity index is 2.01. The van der Waals surface area contributed by atoms with Gasteiger partial charge in [-0.2, -0.15) is 5.10 Å². The van der Waals surface area contributed by atoms with Crippen molar-refractivity contribution >= 4 is 0 Å². The van der Waals surface area contributed by atoms with Gasteiger partial charge in [0.05, 0.1) is 11.9 Å². The van der Waals surface area contributed by atoms with Crippen molar-refractivity contribution in [3.8, 4) is 5.69 Å². The van der Waals surface area contributed by atoms with E-state index in [1.807, 2.05) is 6.07 Å². The quantitative estimate of drug-likeness (QED) is 0.853. The van der Waals surface area contributed by atoms with Gasteiger partial charge in [-0.15, -0.1) is 0 Å². The van der Waals surface area contributed by atoms with Gasteiger partial charge in [-0.1, -0.05) is 31.5 Å². The molecule has 2 aromatic rings. The number of rotatable bonds is 3. The summed E-state index contributed by atoms with van der Waals surface area (Å²) in [6.45, 7) is 3.19. The van der Waals surface area contributed by atoms with Gasteiger partial charge < -0.3 is 5.32 Å². The fourth-order valence-electron chi connectivity index (χ4n) is 2.97. The minimum absolute atomic E-state index is 0.472. The molecule has 1 heterocycles. The van der Waals surface area contributed by atoms with Crippen LogP contribution in [0.4, 0.5) is 0 Å². The van der Waals surface area contributed by atoms with Gasteiger partial charge in [0.25, 0.3) is 0 Å². The molecule has 1 aromatic carbocycles. The van der Waals surface area contributed by atoms with Crippen LogP contribution in [0.25, 0.3) is 5.69 Å². The second-order valence-electron chi connectivity index (χ2n) is 5.15. The number of para-hydroxylation sites is 1. The Bertz CT molecular complexity index is 530. The molecule has 1 aromatic heterocycles. The molecule has 1 N–H and O–H groups in total. The number of nitrogens with zero attached hydrogens (tertiary/aromatic N) is 2. The van der Waals surface area contributed by atoms with Crippen LogP contribution in [0.1, 0.15) is 43.5 Å². The lowest BCUT2D eigenvalue weighted by Crippen LogP contribution is -2.20. The molecule has 0 saturated carbocycles. The van der Waals surface area contributed by atoms with Gasteiger partial charge in [0.2, 0.25) is 0 Å². The Kier molecular flexibility index (Phi) is 3.65. The van der Waals surface area contributed by atoms with Crippen LogP contribution in [0.2, 0.25) is 0 Å². The van der Waals surface area contributed by atoms with E-state index in [1.165, 1.54) is 36.2 Å². The summed E-state index contributed by atoms with van der Waals surface area (Å²) in [5.41, 5.74) is 3.94. The summed E-state index contributed by atoms with van der Waals surface area (Å²) in [4.78, 5) is 0. The van der Waals surface area contributed by atoms with E-state index >= 15 is 0 Å². The van der Waals surface area contributed by atoms with Crippen molar-refractivity contribution in [1.82, 2.24) is 15.1 Å². The zero-order valence-corrected chi connectivity index (χ0v) is 11.5. The third kappa shape index (κ3) is 2.43. The smallest absolute Gasteiger partial charge is 0.0648 e. The van der Waals surface area contributed by atoms with Crippen LogP contribution < -0.4 is 5.32 Å². The molecule has 3 heteroatoms. The Labute approximate surface area is 114 Å².